The van der Waals surface area contributed by atoms with Gasteiger partial charge in [-0.1, -0.05) is 36.4 Å². The molecule has 0 bridgehead atoms. The van der Waals surface area contributed by atoms with Gasteiger partial charge >= 0.3 is 0 Å². The third-order valence-corrected chi connectivity index (χ3v) is 4.02. The quantitative estimate of drug-likeness (QED) is 0.786. The average molecular weight is 309 g/mol. The molecule has 3 aromatic rings. The van der Waals surface area contributed by atoms with Gasteiger partial charge in [-0.3, -0.25) is 9.78 Å². The van der Waals surface area contributed by atoms with E-state index in [9.17, 15) is 4.79 Å². The first-order chi connectivity index (χ1) is 10.8. The number of amides is 1. The van der Waals surface area contributed by atoms with Crippen molar-refractivity contribution in [3.63, 3.8) is 0 Å². The Morgan fingerprint density at radius 2 is 1.86 bits per heavy atom. The van der Waals surface area contributed by atoms with Crippen LogP contribution in [-0.2, 0) is 17.6 Å². The van der Waals surface area contributed by atoms with E-state index < -0.39 is 0 Å². The number of hydrogen-bond acceptors (Lipinski definition) is 4. The molecule has 2 aromatic heterocycles. The van der Waals surface area contributed by atoms with Gasteiger partial charge in [-0.2, -0.15) is 0 Å². The maximum absolute atomic E-state index is 12.0. The van der Waals surface area contributed by atoms with Crippen molar-refractivity contribution in [2.45, 2.75) is 12.8 Å². The molecule has 22 heavy (non-hydrogen) atoms. The van der Waals surface area contributed by atoms with Gasteiger partial charge in [0.05, 0.1) is 6.42 Å². The monoisotopic (exact) mass is 309 g/mol. The molecule has 0 saturated carbocycles. The minimum absolute atomic E-state index is 0.0754. The number of nitrogens with zero attached hydrogens (tertiary/aromatic N) is 2. The van der Waals surface area contributed by atoms with E-state index in [1.807, 2.05) is 36.5 Å². The molecule has 0 unspecified atom stereocenters. The predicted octanol–water partition coefficient (Wildman–Crippen LogP) is 3.31. The first-order valence-electron chi connectivity index (χ1n) is 6.97. The van der Waals surface area contributed by atoms with Crippen LogP contribution in [0.15, 0.2) is 61.1 Å². The third kappa shape index (κ3) is 3.99. The molecule has 0 fully saturated rings. The second kappa shape index (κ2) is 6.95. The molecule has 1 aromatic carbocycles. The van der Waals surface area contributed by atoms with Crippen LogP contribution in [0.5, 0.6) is 0 Å². The van der Waals surface area contributed by atoms with E-state index >= 15 is 0 Å². The molecule has 110 valence electrons. The van der Waals surface area contributed by atoms with E-state index in [4.69, 9.17) is 0 Å². The van der Waals surface area contributed by atoms with Gasteiger partial charge in [-0.05, 0) is 17.2 Å². The van der Waals surface area contributed by atoms with Gasteiger partial charge in [-0.15, -0.1) is 11.3 Å². The molecule has 0 aliphatic rings. The minimum atomic E-state index is -0.0754. The van der Waals surface area contributed by atoms with Crippen LogP contribution in [0.1, 0.15) is 16.0 Å². The second-order valence-electron chi connectivity index (χ2n) is 4.88. The van der Waals surface area contributed by atoms with Gasteiger partial charge in [0.2, 0.25) is 5.91 Å². The van der Waals surface area contributed by atoms with Crippen LogP contribution in [0, 0.1) is 0 Å². The summed E-state index contributed by atoms with van der Waals surface area (Å²) < 4.78 is 0. The molecule has 3 rings (SSSR count). The van der Waals surface area contributed by atoms with Gasteiger partial charge in [0.1, 0.15) is 0 Å². The molecule has 0 atom stereocenters. The van der Waals surface area contributed by atoms with Crippen LogP contribution in [-0.4, -0.2) is 15.9 Å². The van der Waals surface area contributed by atoms with E-state index in [2.05, 4.69) is 27.4 Å². The summed E-state index contributed by atoms with van der Waals surface area (Å²) in [6.07, 6.45) is 6.34. The standard InChI is InChI=1S/C17H15N3OS/c21-16(10-14-7-4-8-18-11-14)20-17-19-12-15(22-17)9-13-5-2-1-3-6-13/h1-8,11-12H,9-10H2,(H,19,20,21). The smallest absolute Gasteiger partial charge is 0.230 e. The van der Waals surface area contributed by atoms with Crippen LogP contribution >= 0.6 is 11.3 Å². The predicted molar refractivity (Wildman–Crippen MR) is 87.9 cm³/mol. The van der Waals surface area contributed by atoms with Gasteiger partial charge in [0, 0.05) is 29.9 Å². The highest BCUT2D eigenvalue weighted by atomic mass is 32.1. The zero-order chi connectivity index (χ0) is 15.2. The Bertz CT molecular complexity index is 741. The summed E-state index contributed by atoms with van der Waals surface area (Å²) in [7, 11) is 0. The molecule has 4 nitrogen and oxygen atoms in total. The third-order valence-electron chi connectivity index (χ3n) is 3.11. The highest BCUT2D eigenvalue weighted by molar-refractivity contribution is 7.15. The average Bonchev–Trinajstić information content (AvgIpc) is 2.96. The molecule has 5 heteroatoms. The summed E-state index contributed by atoms with van der Waals surface area (Å²) >= 11 is 1.51. The fourth-order valence-corrected chi connectivity index (χ4v) is 2.96. The zero-order valence-corrected chi connectivity index (χ0v) is 12.7. The van der Waals surface area contributed by atoms with Crippen molar-refractivity contribution in [2.75, 3.05) is 5.32 Å². The van der Waals surface area contributed by atoms with Crippen LogP contribution in [0.3, 0.4) is 0 Å². The van der Waals surface area contributed by atoms with Crippen LogP contribution in [0.2, 0.25) is 0 Å². The van der Waals surface area contributed by atoms with Gasteiger partial charge in [-0.25, -0.2) is 4.98 Å². The van der Waals surface area contributed by atoms with Crippen molar-refractivity contribution in [1.29, 1.82) is 0 Å². The van der Waals surface area contributed by atoms with E-state index in [0.29, 0.717) is 11.6 Å². The number of thiazole rings is 1. The molecule has 0 spiro atoms. The van der Waals surface area contributed by atoms with E-state index in [-0.39, 0.29) is 5.91 Å². The van der Waals surface area contributed by atoms with Crippen molar-refractivity contribution < 1.29 is 4.79 Å². The number of rotatable bonds is 5. The molecule has 2 heterocycles. The maximum atomic E-state index is 12.0. The highest BCUT2D eigenvalue weighted by Crippen LogP contribution is 2.21. The number of benzene rings is 1. The lowest BCUT2D eigenvalue weighted by molar-refractivity contribution is -0.115. The van der Waals surface area contributed by atoms with Crippen molar-refractivity contribution in [1.82, 2.24) is 9.97 Å². The van der Waals surface area contributed by atoms with Gasteiger partial charge in [0.15, 0.2) is 5.13 Å². The Hall–Kier alpha value is -2.53. The Labute approximate surface area is 132 Å². The summed E-state index contributed by atoms with van der Waals surface area (Å²) in [5, 5.41) is 3.48. The fraction of sp³-hybridized carbons (Fsp3) is 0.118. The topological polar surface area (TPSA) is 54.9 Å². The summed E-state index contributed by atoms with van der Waals surface area (Å²) in [5.74, 6) is -0.0754. The Kier molecular flexibility index (Phi) is 4.56. The first-order valence-corrected chi connectivity index (χ1v) is 7.78. The Morgan fingerprint density at radius 3 is 2.64 bits per heavy atom. The minimum Gasteiger partial charge on any atom is -0.302 e. The van der Waals surface area contributed by atoms with Gasteiger partial charge < -0.3 is 5.32 Å². The molecule has 0 saturated heterocycles. The number of anilines is 1. The first kappa shape index (κ1) is 14.4. The van der Waals surface area contributed by atoms with Crippen molar-refractivity contribution in [3.8, 4) is 0 Å². The fourth-order valence-electron chi connectivity index (χ4n) is 2.10. The SMILES string of the molecule is O=C(Cc1cccnc1)Nc1ncc(Cc2ccccc2)s1. The number of nitrogens with one attached hydrogen (secondary N) is 1. The second-order valence-corrected chi connectivity index (χ2v) is 6.00. The summed E-state index contributed by atoms with van der Waals surface area (Å²) in [4.78, 5) is 21.4. The number of carbonyl (C=O) groups excluding carboxylic acids is 1. The van der Waals surface area contributed by atoms with Crippen LogP contribution in [0.4, 0.5) is 5.13 Å². The lowest BCUT2D eigenvalue weighted by Crippen LogP contribution is -2.14. The normalized spacial score (nSPS) is 10.4. The number of carbonyl (C=O) groups is 1. The molecule has 1 amide bonds. The largest absolute Gasteiger partial charge is 0.302 e. The maximum Gasteiger partial charge on any atom is 0.230 e. The number of hydrogen-bond donors (Lipinski definition) is 1. The molecule has 1 N–H and O–H groups in total. The van der Waals surface area contributed by atoms with E-state index in [1.165, 1.54) is 16.9 Å². The molecule has 0 aliphatic carbocycles. The van der Waals surface area contributed by atoms with E-state index in [0.717, 1.165) is 16.9 Å². The number of pyridine rings is 1. The van der Waals surface area contributed by atoms with E-state index in [1.54, 1.807) is 12.4 Å². The number of aromatic nitrogens is 2. The Balaban J connectivity index is 1.58. The lowest BCUT2D eigenvalue weighted by atomic mass is 10.1. The van der Waals surface area contributed by atoms with Crippen LogP contribution < -0.4 is 5.32 Å². The lowest BCUT2D eigenvalue weighted by Gasteiger charge is -2.01. The summed E-state index contributed by atoms with van der Waals surface area (Å²) in [5.41, 5.74) is 2.13. The molecular formula is C17H15N3OS. The summed E-state index contributed by atoms with van der Waals surface area (Å²) in [6.45, 7) is 0. The zero-order valence-electron chi connectivity index (χ0n) is 11.9. The van der Waals surface area contributed by atoms with Crippen molar-refractivity contribution in [2.24, 2.45) is 0 Å². The van der Waals surface area contributed by atoms with Gasteiger partial charge in [0.25, 0.3) is 0 Å². The summed E-state index contributed by atoms with van der Waals surface area (Å²) in [6, 6.07) is 13.9. The van der Waals surface area contributed by atoms with Crippen molar-refractivity contribution in [3.05, 3.63) is 77.1 Å². The van der Waals surface area contributed by atoms with Crippen molar-refractivity contribution >= 4 is 22.4 Å². The van der Waals surface area contributed by atoms with Crippen LogP contribution in [0.25, 0.3) is 0 Å². The Morgan fingerprint density at radius 1 is 1.05 bits per heavy atom. The molecule has 0 radical (unpaired) electrons. The highest BCUT2D eigenvalue weighted by Gasteiger charge is 2.08. The molecular weight excluding hydrogens is 294 g/mol. The molecule has 0 aliphatic heterocycles.